The molecule has 0 aliphatic carbocycles. The molecule has 0 aliphatic heterocycles. The number of amides is 3. The first-order valence-corrected chi connectivity index (χ1v) is 11.7. The Morgan fingerprint density at radius 1 is 0.971 bits per heavy atom. The Kier molecular flexibility index (Phi) is 10.7. The van der Waals surface area contributed by atoms with E-state index < -0.39 is 47.9 Å². The standard InChI is InChI=1S/C21H32N8O5S/c1-3-11(2)17(21(33)34)29-20(32)16(5-13-7-24-10-26-13)28-19(31)15(4-12-6-23-9-25-12)27-18(30)14(22)8-35/h6-7,9-11,14-17,35H,3-5,8,22H2,1-2H3,(H,23,25)(H,24,26)(H,27,30)(H,28,31)(H,29,32)(H,33,34). The van der Waals surface area contributed by atoms with Crippen molar-refractivity contribution in [2.24, 2.45) is 11.7 Å². The number of nitrogens with one attached hydrogen (secondary N) is 5. The normalized spacial score (nSPS) is 15.3. The van der Waals surface area contributed by atoms with E-state index in [1.54, 1.807) is 6.92 Å². The lowest BCUT2D eigenvalue weighted by molar-refractivity contribution is -0.143. The Morgan fingerprint density at radius 3 is 1.86 bits per heavy atom. The van der Waals surface area contributed by atoms with Gasteiger partial charge in [0.1, 0.15) is 18.1 Å². The van der Waals surface area contributed by atoms with E-state index in [2.05, 4.69) is 48.5 Å². The number of carboxylic acids is 1. The summed E-state index contributed by atoms with van der Waals surface area (Å²) in [7, 11) is 0. The third-order valence-corrected chi connectivity index (χ3v) is 5.93. The van der Waals surface area contributed by atoms with Crippen LogP contribution in [0.3, 0.4) is 0 Å². The molecule has 0 aromatic carbocycles. The van der Waals surface area contributed by atoms with Gasteiger partial charge in [0, 0.05) is 42.4 Å². The van der Waals surface area contributed by atoms with Gasteiger partial charge < -0.3 is 36.8 Å². The van der Waals surface area contributed by atoms with Gasteiger partial charge in [0.2, 0.25) is 17.7 Å². The fraction of sp³-hybridized carbons (Fsp3) is 0.524. The highest BCUT2D eigenvalue weighted by Crippen LogP contribution is 2.10. The first-order valence-electron chi connectivity index (χ1n) is 11.1. The molecule has 0 saturated carbocycles. The van der Waals surface area contributed by atoms with Gasteiger partial charge in [-0.1, -0.05) is 20.3 Å². The Bertz CT molecular complexity index is 969. The molecule has 0 radical (unpaired) electrons. The molecular weight excluding hydrogens is 476 g/mol. The number of aromatic nitrogens is 4. The number of thiol groups is 1. The van der Waals surface area contributed by atoms with Gasteiger partial charge in [-0.2, -0.15) is 12.6 Å². The first kappa shape index (κ1) is 27.9. The van der Waals surface area contributed by atoms with Gasteiger partial charge in [0.15, 0.2) is 0 Å². The minimum Gasteiger partial charge on any atom is -0.480 e. The molecule has 8 N–H and O–H groups in total. The fourth-order valence-corrected chi connectivity index (χ4v) is 3.39. The largest absolute Gasteiger partial charge is 0.480 e. The van der Waals surface area contributed by atoms with Crippen molar-refractivity contribution in [1.82, 2.24) is 35.9 Å². The highest BCUT2D eigenvalue weighted by molar-refractivity contribution is 7.80. The molecular formula is C21H32N8O5S. The molecule has 35 heavy (non-hydrogen) atoms. The molecule has 0 saturated heterocycles. The number of nitrogens with zero attached hydrogens (tertiary/aromatic N) is 2. The number of aromatic amines is 2. The molecule has 0 spiro atoms. The van der Waals surface area contributed by atoms with Crippen molar-refractivity contribution in [2.75, 3.05) is 5.75 Å². The third kappa shape index (κ3) is 8.40. The zero-order valence-corrected chi connectivity index (χ0v) is 20.4. The number of carbonyl (C=O) groups excluding carboxylic acids is 3. The van der Waals surface area contributed by atoms with Crippen LogP contribution in [-0.4, -0.2) is 78.7 Å². The molecule has 192 valence electrons. The Balaban J connectivity index is 2.24. The topological polar surface area (TPSA) is 208 Å². The summed E-state index contributed by atoms with van der Waals surface area (Å²) >= 11 is 4.01. The molecule has 0 fully saturated rings. The molecule has 14 heteroatoms. The molecule has 3 amide bonds. The van der Waals surface area contributed by atoms with E-state index in [0.717, 1.165) is 0 Å². The van der Waals surface area contributed by atoms with E-state index in [1.807, 2.05) is 6.92 Å². The van der Waals surface area contributed by atoms with Gasteiger partial charge in [-0.3, -0.25) is 14.4 Å². The van der Waals surface area contributed by atoms with E-state index in [1.165, 1.54) is 25.0 Å². The van der Waals surface area contributed by atoms with Crippen LogP contribution in [0, 0.1) is 5.92 Å². The maximum Gasteiger partial charge on any atom is 0.326 e. The van der Waals surface area contributed by atoms with Crippen molar-refractivity contribution >= 4 is 36.3 Å². The van der Waals surface area contributed by atoms with Gasteiger partial charge in [-0.05, 0) is 5.92 Å². The van der Waals surface area contributed by atoms with Crippen LogP contribution in [-0.2, 0) is 32.0 Å². The summed E-state index contributed by atoms with van der Waals surface area (Å²) in [4.78, 5) is 63.9. The highest BCUT2D eigenvalue weighted by Gasteiger charge is 2.32. The summed E-state index contributed by atoms with van der Waals surface area (Å²) in [5.41, 5.74) is 6.85. The maximum absolute atomic E-state index is 13.2. The Morgan fingerprint density at radius 2 is 1.46 bits per heavy atom. The quantitative estimate of drug-likeness (QED) is 0.144. The lowest BCUT2D eigenvalue weighted by Gasteiger charge is -2.26. The van der Waals surface area contributed by atoms with E-state index in [4.69, 9.17) is 5.73 Å². The summed E-state index contributed by atoms with van der Waals surface area (Å²) in [6.07, 6.45) is 6.45. The number of carboxylic acid groups (broad SMARTS) is 1. The second-order valence-corrected chi connectivity index (χ2v) is 8.55. The van der Waals surface area contributed by atoms with Gasteiger partial charge in [-0.15, -0.1) is 0 Å². The number of hydrogen-bond acceptors (Lipinski definition) is 8. The lowest BCUT2D eigenvalue weighted by atomic mass is 9.98. The zero-order chi connectivity index (χ0) is 26.0. The predicted molar refractivity (Wildman–Crippen MR) is 129 cm³/mol. The average Bonchev–Trinajstić information content (AvgIpc) is 3.54. The number of carbonyl (C=O) groups is 4. The summed E-state index contributed by atoms with van der Waals surface area (Å²) in [6.45, 7) is 3.52. The monoisotopic (exact) mass is 508 g/mol. The van der Waals surface area contributed by atoms with Crippen molar-refractivity contribution in [2.45, 2.75) is 57.3 Å². The molecule has 0 bridgehead atoms. The smallest absolute Gasteiger partial charge is 0.326 e. The van der Waals surface area contributed by atoms with Gasteiger partial charge in [-0.25, -0.2) is 14.8 Å². The van der Waals surface area contributed by atoms with Crippen LogP contribution in [0.15, 0.2) is 25.0 Å². The zero-order valence-electron chi connectivity index (χ0n) is 19.5. The second kappa shape index (κ2) is 13.5. The Labute approximate surface area is 207 Å². The molecule has 5 unspecified atom stereocenters. The van der Waals surface area contributed by atoms with E-state index in [9.17, 15) is 24.3 Å². The highest BCUT2D eigenvalue weighted by atomic mass is 32.1. The van der Waals surface area contributed by atoms with Crippen LogP contribution >= 0.6 is 12.6 Å². The summed E-state index contributed by atoms with van der Waals surface area (Å²) in [5, 5.41) is 17.3. The molecule has 2 rings (SSSR count). The molecule has 2 aromatic heterocycles. The Hall–Kier alpha value is -3.39. The molecule has 2 heterocycles. The van der Waals surface area contributed by atoms with Gasteiger partial charge >= 0.3 is 5.97 Å². The number of nitrogens with two attached hydrogens (primary N) is 1. The van der Waals surface area contributed by atoms with Crippen LogP contribution in [0.5, 0.6) is 0 Å². The summed E-state index contributed by atoms with van der Waals surface area (Å²) < 4.78 is 0. The third-order valence-electron chi connectivity index (χ3n) is 5.53. The molecule has 13 nitrogen and oxygen atoms in total. The van der Waals surface area contributed by atoms with E-state index >= 15 is 0 Å². The summed E-state index contributed by atoms with van der Waals surface area (Å²) in [5.74, 6) is -3.37. The first-order chi connectivity index (χ1) is 16.7. The predicted octanol–water partition coefficient (Wildman–Crippen LogP) is -1.24. The fourth-order valence-electron chi connectivity index (χ4n) is 3.22. The molecule has 0 aliphatic rings. The number of hydrogen-bond donors (Lipinski definition) is 8. The van der Waals surface area contributed by atoms with Crippen LogP contribution in [0.1, 0.15) is 31.7 Å². The number of H-pyrrole nitrogens is 2. The number of aliphatic carboxylic acids is 1. The minimum atomic E-state index is -1.18. The van der Waals surface area contributed by atoms with Crippen molar-refractivity contribution in [1.29, 1.82) is 0 Å². The van der Waals surface area contributed by atoms with Crippen LogP contribution in [0.25, 0.3) is 0 Å². The average molecular weight is 509 g/mol. The molecule has 5 atom stereocenters. The van der Waals surface area contributed by atoms with E-state index in [0.29, 0.717) is 17.8 Å². The van der Waals surface area contributed by atoms with Crippen molar-refractivity contribution in [3.05, 3.63) is 36.4 Å². The minimum absolute atomic E-state index is 0.0191. The van der Waals surface area contributed by atoms with Crippen molar-refractivity contribution in [3.8, 4) is 0 Å². The van der Waals surface area contributed by atoms with Crippen molar-refractivity contribution in [3.63, 3.8) is 0 Å². The lowest BCUT2D eigenvalue weighted by Crippen LogP contribution is -2.58. The van der Waals surface area contributed by atoms with Crippen molar-refractivity contribution < 1.29 is 24.3 Å². The maximum atomic E-state index is 13.2. The number of rotatable bonds is 14. The molecule has 2 aromatic rings. The van der Waals surface area contributed by atoms with Crippen LogP contribution in [0.2, 0.25) is 0 Å². The van der Waals surface area contributed by atoms with Gasteiger partial charge in [0.25, 0.3) is 0 Å². The SMILES string of the molecule is CCC(C)C(NC(=O)C(Cc1cnc[nH]1)NC(=O)C(Cc1cnc[nH]1)NC(=O)C(N)CS)C(=O)O. The number of imidazole rings is 2. The van der Waals surface area contributed by atoms with Crippen LogP contribution < -0.4 is 21.7 Å². The van der Waals surface area contributed by atoms with Gasteiger partial charge in [0.05, 0.1) is 18.7 Å². The summed E-state index contributed by atoms with van der Waals surface area (Å²) in [6, 6.07) is -4.31. The van der Waals surface area contributed by atoms with Crippen LogP contribution in [0.4, 0.5) is 0 Å². The second-order valence-electron chi connectivity index (χ2n) is 8.18. The van der Waals surface area contributed by atoms with E-state index in [-0.39, 0.29) is 24.5 Å².